The molecule has 7 nitrogen and oxygen atoms in total. The van der Waals surface area contributed by atoms with Gasteiger partial charge in [0.2, 0.25) is 0 Å². The summed E-state index contributed by atoms with van der Waals surface area (Å²) in [7, 11) is 7.75. The van der Waals surface area contributed by atoms with Gasteiger partial charge in [-0.1, -0.05) is 107 Å². The second-order valence-electron chi connectivity index (χ2n) is 10.3. The van der Waals surface area contributed by atoms with Crippen LogP contribution in [-0.2, 0) is 6.42 Å². The maximum Gasteiger partial charge on any atom is 0.164 e. The van der Waals surface area contributed by atoms with Gasteiger partial charge in [0.15, 0.2) is 17.5 Å². The molecule has 0 aliphatic heterocycles. The summed E-state index contributed by atoms with van der Waals surface area (Å²) in [4.78, 5) is 14.9. The Labute approximate surface area is 287 Å². The van der Waals surface area contributed by atoms with Gasteiger partial charge in [-0.05, 0) is 61.0 Å². The SMILES string of the molecule is CC.CC.CNC/C=C\C(=C/Cc1cccc(-c2nc(-c3ccccc3)nc(-c3cccc(-c4cc(NC)ccc4NC)c3)n2)c1)NC. The highest BCUT2D eigenvalue weighted by Crippen LogP contribution is 2.33. The zero-order valence-electron chi connectivity index (χ0n) is 29.7. The number of hydrogen-bond donors (Lipinski definition) is 4. The first-order valence-electron chi connectivity index (χ1n) is 16.8. The molecule has 4 N–H and O–H groups in total. The third-order valence-electron chi connectivity index (χ3n) is 7.33. The van der Waals surface area contributed by atoms with Gasteiger partial charge in [0.1, 0.15) is 0 Å². The number of hydrogen-bond acceptors (Lipinski definition) is 7. The van der Waals surface area contributed by atoms with E-state index in [0.717, 1.165) is 57.9 Å². The summed E-state index contributed by atoms with van der Waals surface area (Å²) in [6.45, 7) is 8.82. The van der Waals surface area contributed by atoms with Crippen molar-refractivity contribution in [3.8, 4) is 45.3 Å². The minimum atomic E-state index is 0.629. The Morgan fingerprint density at radius 3 is 1.83 bits per heavy atom. The van der Waals surface area contributed by atoms with Gasteiger partial charge < -0.3 is 21.3 Å². The lowest BCUT2D eigenvalue weighted by molar-refractivity contribution is 0.914. The van der Waals surface area contributed by atoms with Crippen molar-refractivity contribution in [1.29, 1.82) is 0 Å². The van der Waals surface area contributed by atoms with Crippen molar-refractivity contribution in [1.82, 2.24) is 25.6 Å². The molecule has 1 aromatic heterocycles. The van der Waals surface area contributed by atoms with Crippen molar-refractivity contribution < 1.29 is 0 Å². The third-order valence-corrected chi connectivity index (χ3v) is 7.33. The summed E-state index contributed by atoms with van der Waals surface area (Å²) in [5.41, 5.74) is 9.32. The summed E-state index contributed by atoms with van der Waals surface area (Å²) in [6, 6.07) is 33.2. The molecule has 0 fully saturated rings. The summed E-state index contributed by atoms with van der Waals surface area (Å²) in [5, 5.41) is 13.0. The molecule has 4 aromatic carbocycles. The second kappa shape index (κ2) is 20.1. The molecule has 0 atom stereocenters. The van der Waals surface area contributed by atoms with E-state index in [-0.39, 0.29) is 0 Å². The van der Waals surface area contributed by atoms with Gasteiger partial charge in [0, 0.05) is 67.0 Å². The maximum atomic E-state index is 5.02. The van der Waals surface area contributed by atoms with Crippen LogP contribution in [0.15, 0.2) is 121 Å². The fraction of sp³-hybridized carbons (Fsp3) is 0.244. The van der Waals surface area contributed by atoms with Crippen LogP contribution in [0.4, 0.5) is 11.4 Å². The van der Waals surface area contributed by atoms with Crippen LogP contribution in [0.1, 0.15) is 33.3 Å². The first-order valence-corrected chi connectivity index (χ1v) is 16.8. The number of aromatic nitrogens is 3. The van der Waals surface area contributed by atoms with Crippen LogP contribution in [-0.4, -0.2) is 49.7 Å². The molecule has 0 aliphatic rings. The van der Waals surface area contributed by atoms with E-state index < -0.39 is 0 Å². The van der Waals surface area contributed by atoms with E-state index in [1.807, 2.05) is 86.2 Å². The molecule has 0 spiro atoms. The second-order valence-corrected chi connectivity index (χ2v) is 10.3. The zero-order valence-corrected chi connectivity index (χ0v) is 29.7. The molecule has 0 bridgehead atoms. The minimum absolute atomic E-state index is 0.629. The molecule has 250 valence electrons. The van der Waals surface area contributed by atoms with Gasteiger partial charge >= 0.3 is 0 Å². The molecule has 7 heteroatoms. The highest BCUT2D eigenvalue weighted by atomic mass is 15.0. The fourth-order valence-corrected chi connectivity index (χ4v) is 4.96. The van der Waals surface area contributed by atoms with Gasteiger partial charge in [-0.3, -0.25) is 0 Å². The van der Waals surface area contributed by atoms with Crippen LogP contribution in [0.5, 0.6) is 0 Å². The van der Waals surface area contributed by atoms with Crippen LogP contribution in [0.25, 0.3) is 45.3 Å². The molecule has 0 unspecified atom stereocenters. The Morgan fingerprint density at radius 1 is 0.604 bits per heavy atom. The Morgan fingerprint density at radius 2 is 1.21 bits per heavy atom. The quantitative estimate of drug-likeness (QED) is 0.101. The molecule has 5 rings (SSSR count). The number of rotatable bonds is 12. The van der Waals surface area contributed by atoms with Gasteiger partial charge in [0.05, 0.1) is 0 Å². The predicted octanol–water partition coefficient (Wildman–Crippen LogP) is 9.10. The van der Waals surface area contributed by atoms with E-state index in [4.69, 9.17) is 15.0 Å². The highest BCUT2D eigenvalue weighted by Gasteiger charge is 2.14. The number of allylic oxidation sites excluding steroid dienone is 2. The smallest absolute Gasteiger partial charge is 0.164 e. The molecule has 0 saturated heterocycles. The number of likely N-dealkylation sites (N-methyl/N-ethyl adjacent to an activating group) is 2. The van der Waals surface area contributed by atoms with Crippen LogP contribution in [0.3, 0.4) is 0 Å². The topological polar surface area (TPSA) is 86.8 Å². The van der Waals surface area contributed by atoms with Gasteiger partial charge in [-0.25, -0.2) is 15.0 Å². The molecule has 0 amide bonds. The van der Waals surface area contributed by atoms with E-state index in [1.54, 1.807) is 0 Å². The first kappa shape index (κ1) is 37.2. The molecule has 1 heterocycles. The average molecular weight is 642 g/mol. The Hall–Kier alpha value is -5.27. The van der Waals surface area contributed by atoms with Crippen molar-refractivity contribution in [3.63, 3.8) is 0 Å². The van der Waals surface area contributed by atoms with E-state index in [1.165, 1.54) is 5.56 Å². The van der Waals surface area contributed by atoms with E-state index >= 15 is 0 Å². The lowest BCUT2D eigenvalue weighted by Gasteiger charge is -2.13. The molecular formula is C41H51N7. The van der Waals surface area contributed by atoms with Crippen LogP contribution >= 0.6 is 0 Å². The standard InChI is InChI=1S/C37H39N7.2C2H6/c1-38-22-10-17-31(39-2)19-18-26-11-8-15-29(23-26)36-42-35(27-12-6-5-7-13-27)43-37(44-36)30-16-9-14-28(24-30)33-25-32(40-3)20-21-34(33)41-4;2*1-2/h5-17,19-21,23-25,38-41H,18,22H2,1-4H3;2*1-2H3/b17-10-,31-19+;;. The number of nitrogens with one attached hydrogen (secondary N) is 4. The molecule has 5 aromatic rings. The molecule has 0 aliphatic carbocycles. The average Bonchev–Trinajstić information content (AvgIpc) is 3.17. The van der Waals surface area contributed by atoms with Gasteiger partial charge in [0.25, 0.3) is 0 Å². The number of nitrogens with zero attached hydrogens (tertiary/aromatic N) is 3. The zero-order chi connectivity index (χ0) is 34.7. The Bertz CT molecular complexity index is 1760. The van der Waals surface area contributed by atoms with Gasteiger partial charge in [-0.15, -0.1) is 0 Å². The monoisotopic (exact) mass is 641 g/mol. The first-order chi connectivity index (χ1) is 23.6. The minimum Gasteiger partial charge on any atom is -0.388 e. The summed E-state index contributed by atoms with van der Waals surface area (Å²) < 4.78 is 0. The van der Waals surface area contributed by atoms with E-state index in [2.05, 4.69) is 106 Å². The van der Waals surface area contributed by atoms with Crippen LogP contribution in [0.2, 0.25) is 0 Å². The molecular weight excluding hydrogens is 591 g/mol. The lowest BCUT2D eigenvalue weighted by atomic mass is 10.00. The van der Waals surface area contributed by atoms with Crippen LogP contribution in [0, 0.1) is 0 Å². The van der Waals surface area contributed by atoms with Crippen molar-refractivity contribution in [2.45, 2.75) is 34.1 Å². The molecule has 48 heavy (non-hydrogen) atoms. The number of benzene rings is 4. The normalized spacial score (nSPS) is 10.8. The number of anilines is 2. The van der Waals surface area contributed by atoms with Gasteiger partial charge in [-0.2, -0.15) is 0 Å². The maximum absolute atomic E-state index is 5.02. The van der Waals surface area contributed by atoms with Crippen molar-refractivity contribution in [2.24, 2.45) is 0 Å². The Balaban J connectivity index is 0.00000151. The largest absolute Gasteiger partial charge is 0.388 e. The summed E-state index contributed by atoms with van der Waals surface area (Å²) in [5.74, 6) is 1.91. The molecule has 0 saturated carbocycles. The van der Waals surface area contributed by atoms with Crippen molar-refractivity contribution in [2.75, 3.05) is 45.4 Å². The van der Waals surface area contributed by atoms with Crippen molar-refractivity contribution >= 4 is 11.4 Å². The fourth-order valence-electron chi connectivity index (χ4n) is 4.96. The van der Waals surface area contributed by atoms with Crippen LogP contribution < -0.4 is 21.3 Å². The Kier molecular flexibility index (Phi) is 15.6. The lowest BCUT2D eigenvalue weighted by Crippen LogP contribution is -2.07. The third kappa shape index (κ3) is 10.1. The van der Waals surface area contributed by atoms with Crippen molar-refractivity contribution in [3.05, 3.63) is 127 Å². The highest BCUT2D eigenvalue weighted by molar-refractivity contribution is 5.83. The summed E-state index contributed by atoms with van der Waals surface area (Å²) in [6.07, 6.45) is 7.15. The predicted molar refractivity (Wildman–Crippen MR) is 207 cm³/mol. The molecule has 0 radical (unpaired) electrons. The van der Waals surface area contributed by atoms with E-state index in [9.17, 15) is 0 Å². The van der Waals surface area contributed by atoms with E-state index in [0.29, 0.717) is 17.5 Å². The summed E-state index contributed by atoms with van der Waals surface area (Å²) >= 11 is 0.